The number of thiazole rings is 4. The molecule has 0 amide bonds. The number of H-pyrrole nitrogens is 1. The van der Waals surface area contributed by atoms with E-state index < -0.39 is 9.85 Å². The Bertz CT molecular complexity index is 2860. The van der Waals surface area contributed by atoms with Crippen LogP contribution in [0.3, 0.4) is 0 Å². The molecule has 352 valence electrons. The Morgan fingerprint density at radius 1 is 0.776 bits per heavy atom. The van der Waals surface area contributed by atoms with Gasteiger partial charge in [0.25, 0.3) is 0 Å². The van der Waals surface area contributed by atoms with Gasteiger partial charge in [0.2, 0.25) is 0 Å². The lowest BCUT2D eigenvalue weighted by Crippen LogP contribution is -2.14. The monoisotopic (exact) mass is 1120 g/mol. The Balaban J connectivity index is 0.000000416. The molecule has 23 nitrogen and oxygen atoms in total. The zero-order chi connectivity index (χ0) is 49.4. The lowest BCUT2D eigenvalue weighted by atomic mass is 10.3. The van der Waals surface area contributed by atoms with E-state index in [0.29, 0.717) is 31.7 Å². The molecule has 9 heterocycles. The number of nitrogens with zero attached hydrogens (tertiary/aromatic N) is 12. The third-order valence-corrected chi connectivity index (χ3v) is 9.75. The first-order valence-electron chi connectivity index (χ1n) is 18.2. The molecule has 9 rings (SSSR count). The van der Waals surface area contributed by atoms with E-state index in [1.54, 1.807) is 77.7 Å². The van der Waals surface area contributed by atoms with Crippen LogP contribution in [0.5, 0.6) is 0 Å². The number of anilines is 6. The lowest BCUT2D eigenvalue weighted by molar-refractivity contribution is -0.385. The van der Waals surface area contributed by atoms with Crippen molar-refractivity contribution < 1.29 is 16.3 Å². The molecule has 0 saturated carbocycles. The SMILES string of the molecule is C.CC#N.CO.Nc1cnccc1Nc1nccs1.Nc1nccs1.O=[N+]([O-])c1cnccc1Cl.O=[N+]([O-])c1cnccc1Nc1nccs1.O=c1[nH]c2cnccc2n1-c1nccs1.[2H]CI. The van der Waals surface area contributed by atoms with Gasteiger partial charge in [-0.2, -0.15) is 5.26 Å². The number of imidazole rings is 1. The van der Waals surface area contributed by atoms with Crippen LogP contribution in [0.15, 0.2) is 125 Å². The molecule has 0 aliphatic heterocycles. The molecule has 0 aliphatic carbocycles. The van der Waals surface area contributed by atoms with Gasteiger partial charge >= 0.3 is 17.1 Å². The summed E-state index contributed by atoms with van der Waals surface area (Å²) in [6, 6.07) is 8.27. The second kappa shape index (κ2) is 33.4. The highest BCUT2D eigenvalue weighted by Gasteiger charge is 2.14. The first kappa shape index (κ1) is 56.0. The molecule has 29 heteroatoms. The predicted octanol–water partition coefficient (Wildman–Crippen LogP) is 9.42. The molecular formula is C38H41ClIN17O6S4. The minimum atomic E-state index is -0.574. The number of halogens is 2. The molecule has 67 heavy (non-hydrogen) atoms. The van der Waals surface area contributed by atoms with Crippen molar-refractivity contribution in [3.63, 3.8) is 0 Å². The molecule has 0 unspecified atom stereocenters. The normalized spacial score (nSPS) is 9.22. The highest BCUT2D eigenvalue weighted by molar-refractivity contribution is 14.1. The number of nitro groups is 2. The number of aliphatic hydroxyl groups excluding tert-OH is 1. The van der Waals surface area contributed by atoms with E-state index in [9.17, 15) is 25.0 Å². The van der Waals surface area contributed by atoms with Gasteiger partial charge in [-0.25, -0.2) is 29.3 Å². The minimum absolute atomic E-state index is 0. The van der Waals surface area contributed by atoms with Crippen LogP contribution in [-0.2, 0) is 0 Å². The van der Waals surface area contributed by atoms with E-state index in [-0.39, 0.29) is 29.5 Å². The third-order valence-electron chi connectivity index (χ3n) is 6.69. The van der Waals surface area contributed by atoms with Gasteiger partial charge in [-0.05, 0) is 29.2 Å². The van der Waals surface area contributed by atoms with Crippen molar-refractivity contribution in [3.8, 4) is 11.2 Å². The number of nitrogen functional groups attached to an aromatic ring is 2. The van der Waals surface area contributed by atoms with Crippen LogP contribution >= 0.6 is 79.5 Å². The number of alkyl halides is 1. The summed E-state index contributed by atoms with van der Waals surface area (Å²) in [6.45, 7) is 1.43. The van der Waals surface area contributed by atoms with Crippen molar-refractivity contribution in [2.45, 2.75) is 14.4 Å². The molecule has 0 aliphatic rings. The van der Waals surface area contributed by atoms with Crippen molar-refractivity contribution >= 4 is 134 Å². The Hall–Kier alpha value is -7.14. The van der Waals surface area contributed by atoms with Crippen LogP contribution < -0.4 is 27.8 Å². The van der Waals surface area contributed by atoms with Gasteiger partial charge in [-0.3, -0.25) is 40.2 Å². The second-order valence-electron chi connectivity index (χ2n) is 10.7. The van der Waals surface area contributed by atoms with Crippen LogP contribution in [0.2, 0.25) is 5.02 Å². The number of pyridine rings is 4. The van der Waals surface area contributed by atoms with Crippen LogP contribution in [0.25, 0.3) is 16.2 Å². The van der Waals surface area contributed by atoms with Crippen molar-refractivity contribution in [1.82, 2.24) is 49.4 Å². The zero-order valence-electron chi connectivity index (χ0n) is 35.2. The van der Waals surface area contributed by atoms with Crippen molar-refractivity contribution in [2.75, 3.05) is 34.1 Å². The van der Waals surface area contributed by atoms with Crippen LogP contribution in [-0.4, -0.2) is 76.4 Å². The van der Waals surface area contributed by atoms with Crippen LogP contribution in [0, 0.1) is 31.6 Å². The van der Waals surface area contributed by atoms with Gasteiger partial charge in [0.15, 0.2) is 20.5 Å². The van der Waals surface area contributed by atoms with Crippen molar-refractivity contribution in [2.24, 2.45) is 0 Å². The maximum Gasteiger partial charge on any atom is 0.332 e. The first-order chi connectivity index (χ1) is 32.4. The Morgan fingerprint density at radius 2 is 1.25 bits per heavy atom. The molecule has 9 aromatic heterocycles. The van der Waals surface area contributed by atoms with Gasteiger partial charge in [-0.1, -0.05) is 41.6 Å². The summed E-state index contributed by atoms with van der Waals surface area (Å²) in [6.07, 6.45) is 18.5. The highest BCUT2D eigenvalue weighted by Crippen LogP contribution is 2.27. The molecule has 9 aromatic rings. The van der Waals surface area contributed by atoms with Gasteiger partial charge in [-0.15, -0.1) is 45.3 Å². The number of fused-ring (bicyclic) bond motifs is 1. The van der Waals surface area contributed by atoms with Crippen LogP contribution in [0.1, 0.15) is 15.7 Å². The van der Waals surface area contributed by atoms with Gasteiger partial charge in [0.1, 0.15) is 23.1 Å². The Labute approximate surface area is 418 Å². The fourth-order valence-corrected chi connectivity index (χ4v) is 6.46. The summed E-state index contributed by atoms with van der Waals surface area (Å²) in [4.78, 5) is 65.5. The second-order valence-corrected chi connectivity index (χ2v) is 14.7. The number of aromatic nitrogens is 10. The summed E-state index contributed by atoms with van der Waals surface area (Å²) in [7, 11) is 1.00. The first-order valence-corrected chi connectivity index (χ1v) is 22.9. The summed E-state index contributed by atoms with van der Waals surface area (Å²) in [5, 5.41) is 51.3. The fourth-order valence-electron chi connectivity index (χ4n) is 4.17. The molecule has 0 bridgehead atoms. The molecule has 0 atom stereocenters. The lowest BCUT2D eigenvalue weighted by Gasteiger charge is -2.04. The maximum absolute atomic E-state index is 11.7. The largest absolute Gasteiger partial charge is 0.400 e. The van der Waals surface area contributed by atoms with Gasteiger partial charge in [0.05, 0.1) is 50.7 Å². The molecule has 8 N–H and O–H groups in total. The quantitative estimate of drug-likeness (QED) is 0.0374. The van der Waals surface area contributed by atoms with E-state index in [2.05, 4.69) is 55.5 Å². The van der Waals surface area contributed by atoms with Crippen molar-refractivity contribution in [3.05, 3.63) is 156 Å². The van der Waals surface area contributed by atoms with Crippen molar-refractivity contribution in [1.29, 1.82) is 5.26 Å². The molecule has 0 radical (unpaired) electrons. The Kier molecular flexibility index (Phi) is 27.9. The number of aromatic amines is 1. The topological polar surface area (TPSA) is 347 Å². The van der Waals surface area contributed by atoms with Gasteiger partial charge < -0.3 is 32.2 Å². The smallest absolute Gasteiger partial charge is 0.332 e. The standard InChI is InChI=1S/C9H6N4OS.C8H6N4O2S.C8H8N4S.C5H3ClN2O2.C3H4N2S.C2H3N.CH3I.CH4O.CH4/c14-8-12-6-5-10-2-1-7(6)13(8)9-11-3-4-15-9;13-12(14)7-5-9-2-1-6(7)11-8-10-3-4-15-8;9-6-5-10-2-1-7(6)12-8-11-3-4-13-8;6-4-1-2-7-3-5(4)8(9)10;4-3-5-1-2-6-3;1-2-3;2*1-2;/h1-5H,(H,12,14);1-5H,(H,9,10,11);1-5H,9H2,(H,10,11,12);1-3H;1-2H,(H2,4,5);1H3;1H3;2H,1H3;1H4/i;;;;;;1D;;. The predicted molar refractivity (Wildman–Crippen MR) is 276 cm³/mol. The number of aliphatic hydroxyl groups is 1. The molecule has 0 spiro atoms. The number of hydrogen-bond donors (Lipinski definition) is 6. The molecule has 0 saturated heterocycles. The van der Waals surface area contributed by atoms with E-state index in [4.69, 9.17) is 34.8 Å². The van der Waals surface area contributed by atoms with Gasteiger partial charge in [0, 0.05) is 86.5 Å². The van der Waals surface area contributed by atoms with E-state index in [1.165, 1.54) is 76.9 Å². The fraction of sp³-hybridized carbons (Fsp3) is 0.105. The highest BCUT2D eigenvalue weighted by atomic mass is 127. The average Bonchev–Trinajstić information content (AvgIpc) is 4.20. The van der Waals surface area contributed by atoms with E-state index in [0.717, 1.165) is 35.2 Å². The van der Waals surface area contributed by atoms with E-state index >= 15 is 0 Å². The van der Waals surface area contributed by atoms with E-state index in [1.807, 2.05) is 44.8 Å². The number of hydrogen-bond acceptors (Lipinski definition) is 23. The average molecular weight is 1120 g/mol. The Morgan fingerprint density at radius 3 is 1.72 bits per heavy atom. The number of rotatable bonds is 7. The third kappa shape index (κ3) is 20.3. The number of nitriles is 1. The summed E-state index contributed by atoms with van der Waals surface area (Å²) >= 11 is 13.2. The van der Waals surface area contributed by atoms with Crippen LogP contribution in [0.4, 0.5) is 43.8 Å². The molecule has 0 aromatic carbocycles. The summed E-state index contributed by atoms with van der Waals surface area (Å²) < 4.78 is 7.74. The number of nitrogens with two attached hydrogens (primary N) is 2. The zero-order valence-corrected chi connectivity index (χ0v) is 40.3. The molecular weight excluding hydrogens is 1080 g/mol. The summed E-state index contributed by atoms with van der Waals surface area (Å²) in [5.41, 5.74) is 13.8. The minimum Gasteiger partial charge on any atom is -0.400 e. The summed E-state index contributed by atoms with van der Waals surface area (Å²) in [5.74, 6) is 0. The maximum atomic E-state index is 11.7. The number of nitrogens with one attached hydrogen (secondary N) is 3. The molecule has 0 fully saturated rings.